The lowest BCUT2D eigenvalue weighted by molar-refractivity contribution is -0.121. The van der Waals surface area contributed by atoms with E-state index in [0.29, 0.717) is 22.9 Å². The number of β-amino-alcohol motifs (C(OH)–C–C–N with tert-alkyl or cyclic N) is 1. The maximum absolute atomic E-state index is 12.2. The number of hydrogen-bond acceptors (Lipinski definition) is 4. The summed E-state index contributed by atoms with van der Waals surface area (Å²) >= 11 is 5.84. The van der Waals surface area contributed by atoms with Gasteiger partial charge in [0.05, 0.1) is 22.9 Å². The van der Waals surface area contributed by atoms with E-state index < -0.39 is 0 Å². The van der Waals surface area contributed by atoms with Crippen LogP contribution in [-0.2, 0) is 4.79 Å². The Morgan fingerprint density at radius 2 is 2.35 bits per heavy atom. The van der Waals surface area contributed by atoms with Crippen LogP contribution in [0.5, 0.6) is 0 Å². The van der Waals surface area contributed by atoms with E-state index in [9.17, 15) is 9.90 Å². The maximum atomic E-state index is 12.2. The lowest BCUT2D eigenvalue weighted by atomic mass is 10.1. The number of halogens is 1. The van der Waals surface area contributed by atoms with E-state index >= 15 is 0 Å². The molecule has 0 aromatic heterocycles. The largest absolute Gasteiger partial charge is 0.397 e. The van der Waals surface area contributed by atoms with E-state index in [1.807, 2.05) is 11.8 Å². The van der Waals surface area contributed by atoms with Crippen molar-refractivity contribution in [2.75, 3.05) is 24.1 Å². The van der Waals surface area contributed by atoms with Crippen molar-refractivity contribution in [3.8, 4) is 0 Å². The van der Waals surface area contributed by atoms with Crippen molar-refractivity contribution in [1.82, 2.24) is 4.90 Å². The molecule has 1 aliphatic heterocycles. The smallest absolute Gasteiger partial charge is 0.241 e. The zero-order valence-corrected chi connectivity index (χ0v) is 12.2. The lowest BCUT2D eigenvalue weighted by Gasteiger charge is -2.33. The third kappa shape index (κ3) is 3.62. The summed E-state index contributed by atoms with van der Waals surface area (Å²) in [5.74, 6) is -0.110. The van der Waals surface area contributed by atoms with Crippen molar-refractivity contribution < 1.29 is 9.90 Å². The summed E-state index contributed by atoms with van der Waals surface area (Å²) in [5, 5.41) is 13.0. The second-order valence-electron chi connectivity index (χ2n) is 5.19. The molecule has 1 fully saturated rings. The highest BCUT2D eigenvalue weighted by atomic mass is 35.5. The molecular weight excluding hydrogens is 278 g/mol. The monoisotopic (exact) mass is 297 g/mol. The fourth-order valence-corrected chi connectivity index (χ4v) is 2.49. The molecule has 1 aromatic rings. The van der Waals surface area contributed by atoms with Crippen molar-refractivity contribution in [2.24, 2.45) is 0 Å². The normalized spacial score (nSPS) is 21.4. The molecule has 1 aliphatic rings. The average molecular weight is 298 g/mol. The first-order valence-corrected chi connectivity index (χ1v) is 7.13. The van der Waals surface area contributed by atoms with Crippen molar-refractivity contribution in [1.29, 1.82) is 0 Å². The zero-order chi connectivity index (χ0) is 14.7. The molecule has 20 heavy (non-hydrogen) atoms. The Bertz CT molecular complexity index is 495. The van der Waals surface area contributed by atoms with Crippen molar-refractivity contribution in [2.45, 2.75) is 31.9 Å². The number of piperidine rings is 1. The van der Waals surface area contributed by atoms with Crippen LogP contribution in [0.25, 0.3) is 0 Å². The number of carbonyl (C=O) groups is 1. The molecule has 2 atom stereocenters. The first-order chi connectivity index (χ1) is 9.47. The molecule has 1 aromatic carbocycles. The van der Waals surface area contributed by atoms with Gasteiger partial charge in [-0.05, 0) is 44.5 Å². The van der Waals surface area contributed by atoms with Crippen LogP contribution >= 0.6 is 11.6 Å². The molecule has 0 spiro atoms. The summed E-state index contributed by atoms with van der Waals surface area (Å²) in [7, 11) is 0. The number of nitrogen functional groups attached to an aromatic ring is 1. The van der Waals surface area contributed by atoms with E-state index in [0.717, 1.165) is 19.4 Å². The molecule has 6 heteroatoms. The summed E-state index contributed by atoms with van der Waals surface area (Å²) < 4.78 is 0. The molecule has 2 rings (SSSR count). The minimum atomic E-state index is -0.342. The van der Waals surface area contributed by atoms with Gasteiger partial charge in [-0.1, -0.05) is 11.6 Å². The van der Waals surface area contributed by atoms with Crippen molar-refractivity contribution in [3.63, 3.8) is 0 Å². The van der Waals surface area contributed by atoms with Crippen LogP contribution in [0.4, 0.5) is 11.4 Å². The van der Waals surface area contributed by atoms with Crippen molar-refractivity contribution in [3.05, 3.63) is 23.2 Å². The highest BCUT2D eigenvalue weighted by Crippen LogP contribution is 2.23. The highest BCUT2D eigenvalue weighted by molar-refractivity contribution is 6.33. The van der Waals surface area contributed by atoms with Gasteiger partial charge in [-0.15, -0.1) is 0 Å². The van der Waals surface area contributed by atoms with Gasteiger partial charge in [0.25, 0.3) is 0 Å². The number of aliphatic hydroxyl groups excluding tert-OH is 1. The van der Waals surface area contributed by atoms with Gasteiger partial charge in [0, 0.05) is 12.2 Å². The number of benzene rings is 1. The van der Waals surface area contributed by atoms with Crippen LogP contribution in [0.2, 0.25) is 5.02 Å². The first kappa shape index (κ1) is 15.1. The van der Waals surface area contributed by atoms with E-state index in [1.165, 1.54) is 0 Å². The summed E-state index contributed by atoms with van der Waals surface area (Å²) in [6, 6.07) is 4.72. The number of nitrogens with two attached hydrogens (primary N) is 1. The van der Waals surface area contributed by atoms with Crippen LogP contribution in [0, 0.1) is 0 Å². The molecule has 1 amide bonds. The van der Waals surface area contributed by atoms with Gasteiger partial charge < -0.3 is 16.2 Å². The van der Waals surface area contributed by atoms with Crippen molar-refractivity contribution >= 4 is 28.9 Å². The van der Waals surface area contributed by atoms with Gasteiger partial charge in [0.1, 0.15) is 0 Å². The number of amides is 1. The van der Waals surface area contributed by atoms with Gasteiger partial charge in [-0.2, -0.15) is 0 Å². The minimum Gasteiger partial charge on any atom is -0.397 e. The zero-order valence-electron chi connectivity index (χ0n) is 11.5. The number of rotatable bonds is 3. The lowest BCUT2D eigenvalue weighted by Crippen LogP contribution is -2.48. The predicted molar refractivity (Wildman–Crippen MR) is 80.8 cm³/mol. The Morgan fingerprint density at radius 1 is 1.60 bits per heavy atom. The number of nitrogens with one attached hydrogen (secondary N) is 1. The first-order valence-electron chi connectivity index (χ1n) is 6.75. The average Bonchev–Trinajstić information content (AvgIpc) is 2.42. The number of hydrogen-bond donors (Lipinski definition) is 3. The van der Waals surface area contributed by atoms with Gasteiger partial charge >= 0.3 is 0 Å². The summed E-state index contributed by atoms with van der Waals surface area (Å²) in [6.07, 6.45) is 1.37. The van der Waals surface area contributed by atoms with Gasteiger partial charge in [-0.3, -0.25) is 9.69 Å². The maximum Gasteiger partial charge on any atom is 0.241 e. The molecule has 0 bridgehead atoms. The second kappa shape index (κ2) is 6.43. The van der Waals surface area contributed by atoms with Gasteiger partial charge in [0.2, 0.25) is 5.91 Å². The predicted octanol–water partition coefficient (Wildman–Crippen LogP) is 1.71. The summed E-state index contributed by atoms with van der Waals surface area (Å²) in [5.41, 5.74) is 6.77. The molecule has 1 saturated heterocycles. The van der Waals surface area contributed by atoms with Crippen LogP contribution in [0.1, 0.15) is 19.8 Å². The number of anilines is 2. The van der Waals surface area contributed by atoms with E-state index in [4.69, 9.17) is 17.3 Å². The second-order valence-corrected chi connectivity index (χ2v) is 5.60. The quantitative estimate of drug-likeness (QED) is 0.742. The number of likely N-dealkylation sites (tertiary alicyclic amines) is 1. The molecule has 110 valence electrons. The highest BCUT2D eigenvalue weighted by Gasteiger charge is 2.26. The Labute approximate surface area is 123 Å². The molecule has 0 saturated carbocycles. The molecule has 2 unspecified atom stereocenters. The van der Waals surface area contributed by atoms with Gasteiger partial charge in [-0.25, -0.2) is 0 Å². The van der Waals surface area contributed by atoms with Crippen LogP contribution in [0.15, 0.2) is 18.2 Å². The Balaban J connectivity index is 1.98. The van der Waals surface area contributed by atoms with E-state index in [-0.39, 0.29) is 18.1 Å². The fourth-order valence-electron chi connectivity index (χ4n) is 2.37. The topological polar surface area (TPSA) is 78.6 Å². The summed E-state index contributed by atoms with van der Waals surface area (Å²) in [4.78, 5) is 14.2. The molecule has 5 nitrogen and oxygen atoms in total. The third-order valence-corrected chi connectivity index (χ3v) is 3.96. The van der Waals surface area contributed by atoms with Crippen LogP contribution in [-0.4, -0.2) is 41.1 Å². The Morgan fingerprint density at radius 3 is 3.00 bits per heavy atom. The standard InChI is InChI=1S/C14H20ClN3O2/c1-9(18-6-2-3-11(19)8-18)14(20)17-10-4-5-12(15)13(16)7-10/h4-5,7,9,11,19H,2-3,6,8,16H2,1H3,(H,17,20). The Kier molecular flexibility index (Phi) is 4.86. The Hall–Kier alpha value is -1.30. The molecule has 4 N–H and O–H groups in total. The summed E-state index contributed by atoms with van der Waals surface area (Å²) in [6.45, 7) is 3.21. The molecule has 0 radical (unpaired) electrons. The molecular formula is C14H20ClN3O2. The fraction of sp³-hybridized carbons (Fsp3) is 0.500. The van der Waals surface area contributed by atoms with Crippen LogP contribution < -0.4 is 11.1 Å². The van der Waals surface area contributed by atoms with Crippen LogP contribution in [0.3, 0.4) is 0 Å². The SMILES string of the molecule is CC(C(=O)Nc1ccc(Cl)c(N)c1)N1CCCC(O)C1. The van der Waals surface area contributed by atoms with E-state index in [2.05, 4.69) is 5.32 Å². The minimum absolute atomic E-state index is 0.110. The number of carbonyl (C=O) groups excluding carboxylic acids is 1. The molecule has 0 aliphatic carbocycles. The molecule has 1 heterocycles. The third-order valence-electron chi connectivity index (χ3n) is 3.62. The van der Waals surface area contributed by atoms with E-state index in [1.54, 1.807) is 18.2 Å². The number of nitrogens with zero attached hydrogens (tertiary/aromatic N) is 1. The number of aliphatic hydroxyl groups is 1. The van der Waals surface area contributed by atoms with Gasteiger partial charge in [0.15, 0.2) is 0 Å².